The molecule has 0 bridgehead atoms. The van der Waals surface area contributed by atoms with Gasteiger partial charge in [-0.15, -0.1) is 35.3 Å². The molecule has 1 aromatic carbocycles. The van der Waals surface area contributed by atoms with Gasteiger partial charge in [0.25, 0.3) is 0 Å². The first kappa shape index (κ1) is 24.1. The minimum absolute atomic E-state index is 0. The zero-order chi connectivity index (χ0) is 19.8. The van der Waals surface area contributed by atoms with E-state index >= 15 is 0 Å². The van der Waals surface area contributed by atoms with Gasteiger partial charge in [-0.05, 0) is 48.9 Å². The number of halogens is 1. The van der Waals surface area contributed by atoms with Crippen molar-refractivity contribution >= 4 is 41.3 Å². The zero-order valence-electron chi connectivity index (χ0n) is 17.6. The summed E-state index contributed by atoms with van der Waals surface area (Å²) in [5.74, 6) is 0.864. The van der Waals surface area contributed by atoms with Crippen molar-refractivity contribution in [3.63, 3.8) is 0 Å². The second-order valence-electron chi connectivity index (χ2n) is 7.31. The van der Waals surface area contributed by atoms with E-state index in [1.54, 1.807) is 11.3 Å². The molecule has 2 heterocycles. The second kappa shape index (κ2) is 12.5. The van der Waals surface area contributed by atoms with E-state index in [2.05, 4.69) is 72.0 Å². The number of hydrogen-bond acceptors (Lipinski definition) is 4. The van der Waals surface area contributed by atoms with E-state index in [1.807, 2.05) is 0 Å². The van der Waals surface area contributed by atoms with Crippen molar-refractivity contribution in [3.05, 3.63) is 57.3 Å². The molecule has 0 radical (unpaired) electrons. The Kier molecular flexibility index (Phi) is 10.4. The molecule has 0 saturated carbocycles. The zero-order valence-corrected chi connectivity index (χ0v) is 20.8. The maximum atomic E-state index is 5.64. The fourth-order valence-electron chi connectivity index (χ4n) is 3.38. The van der Waals surface area contributed by atoms with Crippen molar-refractivity contribution in [1.82, 2.24) is 15.5 Å². The number of hydrogen-bond donors (Lipinski definition) is 2. The molecular formula is C22H33IN4OS. The van der Waals surface area contributed by atoms with Crippen LogP contribution in [0.1, 0.15) is 35.4 Å². The Morgan fingerprint density at radius 1 is 1.28 bits per heavy atom. The van der Waals surface area contributed by atoms with Crippen LogP contribution in [0.2, 0.25) is 0 Å². The van der Waals surface area contributed by atoms with Crippen LogP contribution in [0.15, 0.2) is 40.7 Å². The van der Waals surface area contributed by atoms with E-state index in [0.717, 1.165) is 45.3 Å². The van der Waals surface area contributed by atoms with Gasteiger partial charge in [0.1, 0.15) is 0 Å². The van der Waals surface area contributed by atoms with Crippen molar-refractivity contribution in [3.8, 4) is 0 Å². The van der Waals surface area contributed by atoms with Crippen LogP contribution in [0.3, 0.4) is 0 Å². The highest BCUT2D eigenvalue weighted by Gasteiger charge is 2.16. The molecule has 2 aromatic rings. The van der Waals surface area contributed by atoms with E-state index in [1.165, 1.54) is 21.6 Å². The van der Waals surface area contributed by atoms with E-state index in [-0.39, 0.29) is 24.0 Å². The Hall–Kier alpha value is -1.16. The van der Waals surface area contributed by atoms with Crippen LogP contribution in [0.5, 0.6) is 0 Å². The second-order valence-corrected chi connectivity index (χ2v) is 8.31. The van der Waals surface area contributed by atoms with E-state index in [0.29, 0.717) is 12.6 Å². The van der Waals surface area contributed by atoms with E-state index in [9.17, 15) is 0 Å². The van der Waals surface area contributed by atoms with Gasteiger partial charge in [-0.1, -0.05) is 24.3 Å². The normalized spacial score (nSPS) is 17.6. The number of benzene rings is 1. The van der Waals surface area contributed by atoms with Gasteiger partial charge in [0.2, 0.25) is 0 Å². The first-order valence-electron chi connectivity index (χ1n) is 10.1. The molecule has 1 fully saturated rings. The summed E-state index contributed by atoms with van der Waals surface area (Å²) in [6.45, 7) is 12.5. The Morgan fingerprint density at radius 2 is 2.10 bits per heavy atom. The molecule has 5 nitrogen and oxygen atoms in total. The summed E-state index contributed by atoms with van der Waals surface area (Å²) in [6, 6.07) is 10.9. The SMILES string of the molecule is CCNC(=NCc1cccc(CN2CCOC(C)C2)c1)NCc1sccc1C.I. The van der Waals surface area contributed by atoms with Gasteiger partial charge in [-0.25, -0.2) is 4.99 Å². The van der Waals surface area contributed by atoms with Crippen LogP contribution in [-0.2, 0) is 24.4 Å². The van der Waals surface area contributed by atoms with Crippen molar-refractivity contribution in [2.45, 2.75) is 46.5 Å². The fraction of sp³-hybridized carbons (Fsp3) is 0.500. The number of aryl methyl sites for hydroxylation is 1. The lowest BCUT2D eigenvalue weighted by atomic mass is 10.1. The lowest BCUT2D eigenvalue weighted by molar-refractivity contribution is -0.0212. The van der Waals surface area contributed by atoms with Gasteiger partial charge in [-0.3, -0.25) is 4.90 Å². The van der Waals surface area contributed by atoms with Gasteiger partial charge in [0.15, 0.2) is 5.96 Å². The number of ether oxygens (including phenoxy) is 1. The van der Waals surface area contributed by atoms with Crippen LogP contribution < -0.4 is 10.6 Å². The Labute approximate surface area is 196 Å². The summed E-state index contributed by atoms with van der Waals surface area (Å²) in [5, 5.41) is 8.92. The molecule has 29 heavy (non-hydrogen) atoms. The number of guanidine groups is 1. The molecular weight excluding hydrogens is 495 g/mol. The fourth-order valence-corrected chi connectivity index (χ4v) is 4.23. The smallest absolute Gasteiger partial charge is 0.191 e. The average molecular weight is 529 g/mol. The molecule has 2 N–H and O–H groups in total. The predicted octanol–water partition coefficient (Wildman–Crippen LogP) is 4.15. The minimum Gasteiger partial charge on any atom is -0.376 e. The highest BCUT2D eigenvalue weighted by molar-refractivity contribution is 14.0. The Balaban J connectivity index is 0.00000300. The largest absolute Gasteiger partial charge is 0.376 e. The third-order valence-corrected chi connectivity index (χ3v) is 5.89. The summed E-state index contributed by atoms with van der Waals surface area (Å²) in [6.07, 6.45) is 0.322. The third kappa shape index (κ3) is 7.88. The number of rotatable bonds is 7. The molecule has 1 unspecified atom stereocenters. The van der Waals surface area contributed by atoms with Gasteiger partial charge in [0.05, 0.1) is 25.8 Å². The molecule has 0 aliphatic carbocycles. The van der Waals surface area contributed by atoms with Crippen molar-refractivity contribution < 1.29 is 4.74 Å². The molecule has 3 rings (SSSR count). The summed E-state index contributed by atoms with van der Waals surface area (Å²) < 4.78 is 5.64. The molecule has 1 atom stereocenters. The number of nitrogens with one attached hydrogen (secondary N) is 2. The number of thiophene rings is 1. The lowest BCUT2D eigenvalue weighted by Gasteiger charge is -2.31. The molecule has 1 aromatic heterocycles. The topological polar surface area (TPSA) is 48.9 Å². The molecule has 160 valence electrons. The van der Waals surface area contributed by atoms with E-state index in [4.69, 9.17) is 9.73 Å². The molecule has 1 aliphatic rings. The van der Waals surface area contributed by atoms with Gasteiger partial charge in [-0.2, -0.15) is 0 Å². The van der Waals surface area contributed by atoms with Crippen LogP contribution in [0, 0.1) is 6.92 Å². The standard InChI is InChI=1S/C22H32N4OS.HI/c1-4-23-22(25-14-21-17(2)8-11-28-21)24-13-19-6-5-7-20(12-19)16-26-9-10-27-18(3)15-26;/h5-8,11-12,18H,4,9-10,13-16H2,1-3H3,(H2,23,24,25);1H. The van der Waals surface area contributed by atoms with Gasteiger partial charge >= 0.3 is 0 Å². The molecule has 0 amide bonds. The first-order valence-corrected chi connectivity index (χ1v) is 11.0. The summed E-state index contributed by atoms with van der Waals surface area (Å²) >= 11 is 1.78. The summed E-state index contributed by atoms with van der Waals surface area (Å²) in [5.41, 5.74) is 3.91. The Morgan fingerprint density at radius 3 is 2.83 bits per heavy atom. The monoisotopic (exact) mass is 528 g/mol. The third-order valence-electron chi connectivity index (χ3n) is 4.87. The van der Waals surface area contributed by atoms with Crippen LogP contribution >= 0.6 is 35.3 Å². The summed E-state index contributed by atoms with van der Waals surface area (Å²) in [7, 11) is 0. The van der Waals surface area contributed by atoms with E-state index < -0.39 is 0 Å². The Bertz CT molecular complexity index is 780. The maximum absolute atomic E-state index is 5.64. The number of morpholine rings is 1. The summed E-state index contributed by atoms with van der Waals surface area (Å²) in [4.78, 5) is 8.60. The molecule has 1 saturated heterocycles. The first-order chi connectivity index (χ1) is 13.6. The van der Waals surface area contributed by atoms with Crippen molar-refractivity contribution in [2.24, 2.45) is 4.99 Å². The van der Waals surface area contributed by atoms with Crippen LogP contribution in [0.4, 0.5) is 0 Å². The lowest BCUT2D eigenvalue weighted by Crippen LogP contribution is -2.40. The quantitative estimate of drug-likeness (QED) is 0.322. The van der Waals surface area contributed by atoms with Crippen LogP contribution in [0.25, 0.3) is 0 Å². The van der Waals surface area contributed by atoms with Gasteiger partial charge < -0.3 is 15.4 Å². The van der Waals surface area contributed by atoms with Crippen molar-refractivity contribution in [2.75, 3.05) is 26.2 Å². The molecule has 0 spiro atoms. The highest BCUT2D eigenvalue weighted by Crippen LogP contribution is 2.15. The molecule has 7 heteroatoms. The number of nitrogens with zero attached hydrogens (tertiary/aromatic N) is 2. The number of aliphatic imine (C=N–C) groups is 1. The minimum atomic E-state index is 0. The molecule has 1 aliphatic heterocycles. The predicted molar refractivity (Wildman–Crippen MR) is 133 cm³/mol. The highest BCUT2D eigenvalue weighted by atomic mass is 127. The maximum Gasteiger partial charge on any atom is 0.191 e. The van der Waals surface area contributed by atoms with Crippen molar-refractivity contribution in [1.29, 1.82) is 0 Å². The van der Waals surface area contributed by atoms with Gasteiger partial charge in [0, 0.05) is 31.1 Å². The van der Waals surface area contributed by atoms with Crippen LogP contribution in [-0.4, -0.2) is 43.2 Å². The average Bonchev–Trinajstić information content (AvgIpc) is 3.09.